The number of anilines is 1. The number of unbranched alkanes of at least 4 members (excludes halogenated alkanes) is 1. The van der Waals surface area contributed by atoms with Crippen LogP contribution in [0.1, 0.15) is 44.7 Å². The third kappa shape index (κ3) is 8.82. The van der Waals surface area contributed by atoms with Crippen LogP contribution in [0, 0.1) is 6.92 Å². The SMILES string of the molecule is CCCCNC(=O)[C@@H](C)N(CCc1ccccc1)C(=O)CN(c1ccc(C)cc1)S(=O)(=O)c1ccc(OCC)cc1. The number of carbonyl (C=O) groups is 2. The molecule has 2 amide bonds. The first-order valence-corrected chi connectivity index (χ1v) is 15.5. The molecule has 1 atom stereocenters. The topological polar surface area (TPSA) is 96.0 Å². The lowest BCUT2D eigenvalue weighted by molar-refractivity contribution is -0.138. The van der Waals surface area contributed by atoms with Gasteiger partial charge < -0.3 is 15.0 Å². The van der Waals surface area contributed by atoms with Crippen LogP contribution in [0.5, 0.6) is 5.75 Å². The molecule has 0 fully saturated rings. The van der Waals surface area contributed by atoms with Gasteiger partial charge in [-0.2, -0.15) is 0 Å². The molecule has 0 saturated heterocycles. The van der Waals surface area contributed by atoms with E-state index in [0.717, 1.165) is 28.3 Å². The van der Waals surface area contributed by atoms with Gasteiger partial charge in [-0.05, 0) is 75.6 Å². The summed E-state index contributed by atoms with van der Waals surface area (Å²) in [6, 6.07) is 22.0. The maximum Gasteiger partial charge on any atom is 0.264 e. The zero-order valence-corrected chi connectivity index (χ0v) is 25.2. The van der Waals surface area contributed by atoms with Crippen LogP contribution in [0.25, 0.3) is 0 Å². The molecule has 3 rings (SSSR count). The number of nitrogens with one attached hydrogen (secondary N) is 1. The molecule has 0 heterocycles. The number of carbonyl (C=O) groups excluding carboxylic acids is 2. The second-order valence-corrected chi connectivity index (χ2v) is 11.8. The number of amides is 2. The fourth-order valence-electron chi connectivity index (χ4n) is 4.35. The van der Waals surface area contributed by atoms with Crippen molar-refractivity contribution in [2.75, 3.05) is 30.5 Å². The average Bonchev–Trinajstić information content (AvgIpc) is 2.97. The summed E-state index contributed by atoms with van der Waals surface area (Å²) in [4.78, 5) is 28.5. The Balaban J connectivity index is 1.94. The number of ether oxygens (including phenoxy) is 1. The minimum absolute atomic E-state index is 0.0375. The molecule has 8 nitrogen and oxygen atoms in total. The first kappa shape index (κ1) is 31.7. The number of hydrogen-bond acceptors (Lipinski definition) is 5. The molecule has 0 aromatic heterocycles. The van der Waals surface area contributed by atoms with E-state index < -0.39 is 28.5 Å². The zero-order valence-electron chi connectivity index (χ0n) is 24.4. The molecule has 0 unspecified atom stereocenters. The highest BCUT2D eigenvalue weighted by molar-refractivity contribution is 7.92. The van der Waals surface area contributed by atoms with Crippen LogP contribution in [-0.2, 0) is 26.0 Å². The predicted octanol–water partition coefficient (Wildman–Crippen LogP) is 4.97. The minimum Gasteiger partial charge on any atom is -0.494 e. The van der Waals surface area contributed by atoms with Crippen molar-refractivity contribution < 1.29 is 22.7 Å². The molecule has 3 aromatic rings. The van der Waals surface area contributed by atoms with Crippen LogP contribution in [0.2, 0.25) is 0 Å². The van der Waals surface area contributed by atoms with Crippen LogP contribution < -0.4 is 14.4 Å². The van der Waals surface area contributed by atoms with Gasteiger partial charge in [0.05, 0.1) is 17.2 Å². The monoisotopic (exact) mass is 579 g/mol. The van der Waals surface area contributed by atoms with Gasteiger partial charge >= 0.3 is 0 Å². The van der Waals surface area contributed by atoms with Gasteiger partial charge in [-0.15, -0.1) is 0 Å². The van der Waals surface area contributed by atoms with Crippen molar-refractivity contribution >= 4 is 27.5 Å². The van der Waals surface area contributed by atoms with Crippen LogP contribution in [0.15, 0.2) is 83.8 Å². The molecular weight excluding hydrogens is 538 g/mol. The highest BCUT2D eigenvalue weighted by Gasteiger charge is 2.32. The summed E-state index contributed by atoms with van der Waals surface area (Å²) < 4.78 is 34.5. The molecular formula is C32H41N3O5S. The predicted molar refractivity (Wildman–Crippen MR) is 163 cm³/mol. The van der Waals surface area contributed by atoms with E-state index in [-0.39, 0.29) is 17.3 Å². The van der Waals surface area contributed by atoms with E-state index >= 15 is 0 Å². The molecule has 220 valence electrons. The fourth-order valence-corrected chi connectivity index (χ4v) is 5.76. The maximum atomic E-state index is 13.9. The quantitative estimate of drug-likeness (QED) is 0.257. The largest absolute Gasteiger partial charge is 0.494 e. The van der Waals surface area contributed by atoms with Gasteiger partial charge in [0.2, 0.25) is 11.8 Å². The average molecular weight is 580 g/mol. The van der Waals surface area contributed by atoms with E-state index in [1.165, 1.54) is 17.0 Å². The third-order valence-electron chi connectivity index (χ3n) is 6.80. The van der Waals surface area contributed by atoms with Gasteiger partial charge in [0.25, 0.3) is 10.0 Å². The van der Waals surface area contributed by atoms with Gasteiger partial charge in [0.15, 0.2) is 0 Å². The van der Waals surface area contributed by atoms with Crippen LogP contribution in [0.3, 0.4) is 0 Å². The summed E-state index contributed by atoms with van der Waals surface area (Å²) in [5, 5.41) is 2.90. The Morgan fingerprint density at radius 1 is 0.927 bits per heavy atom. The number of aryl methyl sites for hydroxylation is 1. The van der Waals surface area contributed by atoms with E-state index in [2.05, 4.69) is 5.32 Å². The Morgan fingerprint density at radius 2 is 1.59 bits per heavy atom. The van der Waals surface area contributed by atoms with Gasteiger partial charge in [-0.25, -0.2) is 8.42 Å². The lowest BCUT2D eigenvalue weighted by Crippen LogP contribution is -2.52. The van der Waals surface area contributed by atoms with Crippen molar-refractivity contribution in [3.63, 3.8) is 0 Å². The lowest BCUT2D eigenvalue weighted by Gasteiger charge is -2.32. The van der Waals surface area contributed by atoms with Crippen molar-refractivity contribution in [3.8, 4) is 5.75 Å². The minimum atomic E-state index is -4.13. The zero-order chi connectivity index (χ0) is 29.8. The molecule has 0 spiro atoms. The third-order valence-corrected chi connectivity index (χ3v) is 8.59. The molecule has 0 aliphatic heterocycles. The molecule has 0 aliphatic rings. The molecule has 41 heavy (non-hydrogen) atoms. The van der Waals surface area contributed by atoms with E-state index in [4.69, 9.17) is 4.74 Å². The normalized spacial score (nSPS) is 11.9. The molecule has 3 aromatic carbocycles. The Hall–Kier alpha value is -3.85. The number of rotatable bonds is 15. The Kier molecular flexibility index (Phi) is 11.8. The summed E-state index contributed by atoms with van der Waals surface area (Å²) in [6.07, 6.45) is 2.29. The van der Waals surface area contributed by atoms with Crippen molar-refractivity contribution in [1.29, 1.82) is 0 Å². The van der Waals surface area contributed by atoms with Crippen molar-refractivity contribution in [2.24, 2.45) is 0 Å². The summed E-state index contributed by atoms with van der Waals surface area (Å²) in [5.41, 5.74) is 2.34. The number of benzene rings is 3. The highest BCUT2D eigenvalue weighted by Crippen LogP contribution is 2.26. The first-order valence-electron chi connectivity index (χ1n) is 14.1. The second kappa shape index (κ2) is 15.2. The van der Waals surface area contributed by atoms with Crippen molar-refractivity contribution in [1.82, 2.24) is 10.2 Å². The van der Waals surface area contributed by atoms with E-state index in [0.29, 0.717) is 31.0 Å². The van der Waals surface area contributed by atoms with Gasteiger partial charge in [0.1, 0.15) is 18.3 Å². The maximum absolute atomic E-state index is 13.9. The lowest BCUT2D eigenvalue weighted by atomic mass is 10.1. The van der Waals surface area contributed by atoms with E-state index in [1.54, 1.807) is 43.3 Å². The van der Waals surface area contributed by atoms with Gasteiger partial charge in [-0.1, -0.05) is 61.4 Å². The van der Waals surface area contributed by atoms with E-state index in [1.807, 2.05) is 51.1 Å². The summed E-state index contributed by atoms with van der Waals surface area (Å²) >= 11 is 0. The molecule has 0 bridgehead atoms. The molecule has 9 heteroatoms. The fraction of sp³-hybridized carbons (Fsp3) is 0.375. The smallest absolute Gasteiger partial charge is 0.264 e. The molecule has 1 N–H and O–H groups in total. The highest BCUT2D eigenvalue weighted by atomic mass is 32.2. The Bertz CT molecular complexity index is 1360. The Morgan fingerprint density at radius 3 is 2.20 bits per heavy atom. The van der Waals surface area contributed by atoms with Crippen LogP contribution >= 0.6 is 0 Å². The number of hydrogen-bond donors (Lipinski definition) is 1. The van der Waals surface area contributed by atoms with Crippen LogP contribution in [-0.4, -0.2) is 57.4 Å². The van der Waals surface area contributed by atoms with Crippen molar-refractivity contribution in [2.45, 2.75) is 57.9 Å². The van der Waals surface area contributed by atoms with Gasteiger partial charge in [-0.3, -0.25) is 13.9 Å². The van der Waals surface area contributed by atoms with Crippen LogP contribution in [0.4, 0.5) is 5.69 Å². The number of nitrogens with zero attached hydrogens (tertiary/aromatic N) is 2. The Labute approximate surface area is 244 Å². The standard InChI is InChI=1S/C32H41N3O5S/c1-5-7-22-33-32(37)26(4)34(23-21-27-11-9-8-10-12-27)31(36)24-35(28-15-13-25(3)14-16-28)41(38,39)30-19-17-29(18-20-30)40-6-2/h8-20,26H,5-7,21-24H2,1-4H3,(H,33,37)/t26-/m1/s1. The molecule has 0 saturated carbocycles. The summed E-state index contributed by atoms with van der Waals surface area (Å²) in [6.45, 7) is 8.25. The first-order chi connectivity index (χ1) is 19.7. The van der Waals surface area contributed by atoms with E-state index in [9.17, 15) is 18.0 Å². The second-order valence-electron chi connectivity index (χ2n) is 9.89. The van der Waals surface area contributed by atoms with Crippen molar-refractivity contribution in [3.05, 3.63) is 90.0 Å². The molecule has 0 radical (unpaired) electrons. The summed E-state index contributed by atoms with van der Waals surface area (Å²) in [5.74, 6) is -0.176. The van der Waals surface area contributed by atoms with Gasteiger partial charge in [0, 0.05) is 13.1 Å². The summed E-state index contributed by atoms with van der Waals surface area (Å²) in [7, 11) is -4.13. The number of sulfonamides is 1. The molecule has 0 aliphatic carbocycles.